The number of hydrogen-bond donors (Lipinski definition) is 1. The molecule has 3 aromatic rings. The number of benzene rings is 1. The molecule has 0 saturated carbocycles. The largest absolute Gasteiger partial charge is 0.378 e. The maximum Gasteiger partial charge on any atom is 0.187 e. The number of nitrogens with one attached hydrogen (secondary N) is 1. The van der Waals surface area contributed by atoms with Crippen LogP contribution in [-0.2, 0) is 0 Å². The number of nitrogens with zero attached hydrogens (tertiary/aromatic N) is 3. The van der Waals surface area contributed by atoms with E-state index in [0.717, 1.165) is 22.1 Å². The van der Waals surface area contributed by atoms with Gasteiger partial charge in [0.1, 0.15) is 0 Å². The first kappa shape index (κ1) is 14.5. The van der Waals surface area contributed by atoms with Gasteiger partial charge in [0, 0.05) is 48.8 Å². The molecule has 0 atom stereocenters. The Balaban J connectivity index is 1.78. The van der Waals surface area contributed by atoms with Gasteiger partial charge >= 0.3 is 0 Å². The van der Waals surface area contributed by atoms with Crippen LogP contribution in [0.3, 0.4) is 0 Å². The van der Waals surface area contributed by atoms with Gasteiger partial charge in [-0.15, -0.1) is 11.3 Å². The maximum absolute atomic E-state index is 4.65. The lowest BCUT2D eigenvalue weighted by molar-refractivity contribution is 1.13. The average Bonchev–Trinajstić information content (AvgIpc) is 2.96. The third-order valence-electron chi connectivity index (χ3n) is 3.45. The Labute approximate surface area is 134 Å². The summed E-state index contributed by atoms with van der Waals surface area (Å²) in [6.07, 6.45) is 3.66. The van der Waals surface area contributed by atoms with Gasteiger partial charge in [0.2, 0.25) is 0 Å². The Morgan fingerprint density at radius 3 is 2.55 bits per heavy atom. The molecule has 1 aromatic carbocycles. The van der Waals surface area contributed by atoms with Crippen molar-refractivity contribution in [3.05, 3.63) is 53.7 Å². The summed E-state index contributed by atoms with van der Waals surface area (Å²) in [7, 11) is 4.07. The summed E-state index contributed by atoms with van der Waals surface area (Å²) in [5.74, 6) is 0. The topological polar surface area (TPSA) is 41.1 Å². The molecule has 0 fully saturated rings. The van der Waals surface area contributed by atoms with Gasteiger partial charge in [0.15, 0.2) is 5.13 Å². The van der Waals surface area contributed by atoms with Crippen molar-refractivity contribution in [2.45, 2.75) is 6.92 Å². The number of anilines is 3. The molecule has 22 heavy (non-hydrogen) atoms. The standard InChI is InChI=1S/C17H18N4S/c1-12-8-9-18-10-15(12)16-11-22-17(20-16)19-13-4-6-14(7-5-13)21(2)3/h4-11H,1-3H3,(H,19,20). The Morgan fingerprint density at radius 1 is 1.09 bits per heavy atom. The van der Waals surface area contributed by atoms with Crippen LogP contribution in [0.1, 0.15) is 5.56 Å². The van der Waals surface area contributed by atoms with Crippen LogP contribution in [0.15, 0.2) is 48.1 Å². The number of aryl methyl sites for hydroxylation is 1. The zero-order chi connectivity index (χ0) is 15.5. The summed E-state index contributed by atoms with van der Waals surface area (Å²) < 4.78 is 0. The van der Waals surface area contributed by atoms with E-state index >= 15 is 0 Å². The van der Waals surface area contributed by atoms with Gasteiger partial charge in [-0.25, -0.2) is 4.98 Å². The van der Waals surface area contributed by atoms with E-state index in [4.69, 9.17) is 0 Å². The molecule has 2 aromatic heterocycles. The summed E-state index contributed by atoms with van der Waals surface area (Å²) in [5.41, 5.74) is 5.44. The molecule has 112 valence electrons. The van der Waals surface area contributed by atoms with Crippen molar-refractivity contribution in [1.82, 2.24) is 9.97 Å². The Bertz CT molecular complexity index is 762. The highest BCUT2D eigenvalue weighted by Gasteiger charge is 2.07. The zero-order valence-electron chi connectivity index (χ0n) is 12.9. The van der Waals surface area contributed by atoms with E-state index in [9.17, 15) is 0 Å². The fourth-order valence-corrected chi connectivity index (χ4v) is 2.88. The summed E-state index contributed by atoms with van der Waals surface area (Å²) in [5, 5.41) is 6.29. The Hall–Kier alpha value is -2.40. The molecular weight excluding hydrogens is 292 g/mol. The summed E-state index contributed by atoms with van der Waals surface area (Å²) in [4.78, 5) is 10.9. The average molecular weight is 310 g/mol. The maximum atomic E-state index is 4.65. The van der Waals surface area contributed by atoms with Crippen LogP contribution < -0.4 is 10.2 Å². The molecular formula is C17H18N4S. The lowest BCUT2D eigenvalue weighted by atomic mass is 10.1. The second-order valence-corrected chi connectivity index (χ2v) is 6.15. The molecule has 0 aliphatic heterocycles. The summed E-state index contributed by atoms with van der Waals surface area (Å²) in [6.45, 7) is 2.07. The van der Waals surface area contributed by atoms with Gasteiger partial charge in [0.05, 0.1) is 5.69 Å². The molecule has 0 bridgehead atoms. The number of thiazole rings is 1. The van der Waals surface area contributed by atoms with Crippen molar-refractivity contribution >= 4 is 27.8 Å². The van der Waals surface area contributed by atoms with Crippen LogP contribution in [0, 0.1) is 6.92 Å². The van der Waals surface area contributed by atoms with E-state index in [1.165, 1.54) is 11.3 Å². The van der Waals surface area contributed by atoms with Gasteiger partial charge in [-0.2, -0.15) is 0 Å². The van der Waals surface area contributed by atoms with E-state index in [1.807, 2.05) is 26.4 Å². The molecule has 0 amide bonds. The van der Waals surface area contributed by atoms with Gasteiger partial charge < -0.3 is 10.2 Å². The van der Waals surface area contributed by atoms with Crippen molar-refractivity contribution in [3.63, 3.8) is 0 Å². The van der Waals surface area contributed by atoms with Gasteiger partial charge in [-0.05, 0) is 42.8 Å². The zero-order valence-corrected chi connectivity index (χ0v) is 13.7. The lowest BCUT2D eigenvalue weighted by Crippen LogP contribution is -2.08. The van der Waals surface area contributed by atoms with E-state index in [0.29, 0.717) is 0 Å². The third-order valence-corrected chi connectivity index (χ3v) is 4.21. The predicted molar refractivity (Wildman–Crippen MR) is 94.1 cm³/mol. The Kier molecular flexibility index (Phi) is 4.06. The fourth-order valence-electron chi connectivity index (χ4n) is 2.15. The van der Waals surface area contributed by atoms with Crippen molar-refractivity contribution < 1.29 is 0 Å². The second kappa shape index (κ2) is 6.15. The van der Waals surface area contributed by atoms with E-state index in [1.54, 1.807) is 17.5 Å². The van der Waals surface area contributed by atoms with Crippen LogP contribution in [0.2, 0.25) is 0 Å². The minimum absolute atomic E-state index is 0.885. The number of pyridine rings is 1. The quantitative estimate of drug-likeness (QED) is 0.779. The fraction of sp³-hybridized carbons (Fsp3) is 0.176. The van der Waals surface area contributed by atoms with Gasteiger partial charge in [-0.1, -0.05) is 0 Å². The molecule has 0 aliphatic rings. The first-order chi connectivity index (χ1) is 10.6. The smallest absolute Gasteiger partial charge is 0.187 e. The van der Waals surface area contributed by atoms with Crippen LogP contribution in [-0.4, -0.2) is 24.1 Å². The highest BCUT2D eigenvalue weighted by atomic mass is 32.1. The highest BCUT2D eigenvalue weighted by Crippen LogP contribution is 2.28. The molecule has 4 nitrogen and oxygen atoms in total. The van der Waals surface area contributed by atoms with E-state index < -0.39 is 0 Å². The lowest BCUT2D eigenvalue weighted by Gasteiger charge is -2.12. The molecule has 1 N–H and O–H groups in total. The van der Waals surface area contributed by atoms with Crippen molar-refractivity contribution in [1.29, 1.82) is 0 Å². The van der Waals surface area contributed by atoms with Crippen molar-refractivity contribution in [2.75, 3.05) is 24.3 Å². The molecule has 5 heteroatoms. The van der Waals surface area contributed by atoms with E-state index in [2.05, 4.69) is 56.8 Å². The van der Waals surface area contributed by atoms with Crippen LogP contribution in [0.25, 0.3) is 11.3 Å². The second-order valence-electron chi connectivity index (χ2n) is 5.29. The van der Waals surface area contributed by atoms with Crippen molar-refractivity contribution in [3.8, 4) is 11.3 Å². The molecule has 2 heterocycles. The first-order valence-corrected chi connectivity index (χ1v) is 7.92. The summed E-state index contributed by atoms with van der Waals surface area (Å²) in [6, 6.07) is 10.3. The van der Waals surface area contributed by atoms with Gasteiger partial charge in [-0.3, -0.25) is 4.98 Å². The molecule has 0 aliphatic carbocycles. The van der Waals surface area contributed by atoms with Crippen LogP contribution >= 0.6 is 11.3 Å². The molecule has 0 radical (unpaired) electrons. The molecule has 0 saturated heterocycles. The van der Waals surface area contributed by atoms with Crippen molar-refractivity contribution in [2.24, 2.45) is 0 Å². The number of aromatic nitrogens is 2. The number of rotatable bonds is 4. The van der Waals surface area contributed by atoms with Crippen LogP contribution in [0.4, 0.5) is 16.5 Å². The monoisotopic (exact) mass is 310 g/mol. The minimum atomic E-state index is 0.885. The highest BCUT2D eigenvalue weighted by molar-refractivity contribution is 7.14. The van der Waals surface area contributed by atoms with E-state index in [-0.39, 0.29) is 0 Å². The Morgan fingerprint density at radius 2 is 1.86 bits per heavy atom. The predicted octanol–water partition coefficient (Wildman–Crippen LogP) is 4.32. The SMILES string of the molecule is Cc1ccncc1-c1csc(Nc2ccc(N(C)C)cc2)n1. The number of hydrogen-bond acceptors (Lipinski definition) is 5. The summed E-state index contributed by atoms with van der Waals surface area (Å²) >= 11 is 1.60. The first-order valence-electron chi connectivity index (χ1n) is 7.04. The minimum Gasteiger partial charge on any atom is -0.378 e. The molecule has 0 unspecified atom stereocenters. The normalized spacial score (nSPS) is 10.5. The van der Waals surface area contributed by atoms with Crippen LogP contribution in [0.5, 0.6) is 0 Å². The third kappa shape index (κ3) is 3.09. The molecule has 0 spiro atoms. The molecule has 3 rings (SSSR count). The van der Waals surface area contributed by atoms with Gasteiger partial charge in [0.25, 0.3) is 0 Å².